The predicted molar refractivity (Wildman–Crippen MR) is 87.6 cm³/mol. The molecule has 5 heteroatoms. The van der Waals surface area contributed by atoms with Crippen LogP contribution in [0.3, 0.4) is 0 Å². The summed E-state index contributed by atoms with van der Waals surface area (Å²) in [7, 11) is -2.95. The number of hydrogen-bond acceptors (Lipinski definition) is 3. The van der Waals surface area contributed by atoms with Crippen molar-refractivity contribution in [2.24, 2.45) is 0 Å². The highest BCUT2D eigenvalue weighted by Crippen LogP contribution is 2.12. The SMILES string of the molecule is CC(C)S(=O)(=O)CCCCCC(=O)Cc1ccc(Cl)cc1. The molecule has 0 aromatic heterocycles. The van der Waals surface area contributed by atoms with Gasteiger partial charge in [0, 0.05) is 17.9 Å². The molecular formula is C16H23ClO3S. The highest BCUT2D eigenvalue weighted by atomic mass is 35.5. The number of sulfone groups is 1. The molecular weight excluding hydrogens is 308 g/mol. The molecule has 3 nitrogen and oxygen atoms in total. The van der Waals surface area contributed by atoms with E-state index in [4.69, 9.17) is 11.6 Å². The number of hydrogen-bond donors (Lipinski definition) is 0. The minimum atomic E-state index is -2.95. The Bertz CT molecular complexity index is 547. The molecule has 0 atom stereocenters. The Hall–Kier alpha value is -0.870. The van der Waals surface area contributed by atoms with Crippen LogP contribution in [0.1, 0.15) is 45.1 Å². The van der Waals surface area contributed by atoms with Crippen molar-refractivity contribution >= 4 is 27.2 Å². The molecule has 1 aromatic rings. The van der Waals surface area contributed by atoms with E-state index >= 15 is 0 Å². The Morgan fingerprint density at radius 3 is 2.29 bits per heavy atom. The summed E-state index contributed by atoms with van der Waals surface area (Å²) in [6, 6.07) is 7.27. The lowest BCUT2D eigenvalue weighted by Crippen LogP contribution is -2.17. The topological polar surface area (TPSA) is 51.2 Å². The fraction of sp³-hybridized carbons (Fsp3) is 0.562. The largest absolute Gasteiger partial charge is 0.299 e. The van der Waals surface area contributed by atoms with Gasteiger partial charge in [0.25, 0.3) is 0 Å². The van der Waals surface area contributed by atoms with Crippen molar-refractivity contribution in [3.8, 4) is 0 Å². The Balaban J connectivity index is 2.21. The summed E-state index contributed by atoms with van der Waals surface area (Å²) in [5.74, 6) is 0.403. The molecule has 0 unspecified atom stereocenters. The van der Waals surface area contributed by atoms with E-state index in [0.717, 1.165) is 18.4 Å². The molecule has 0 N–H and O–H groups in total. The average molecular weight is 331 g/mol. The van der Waals surface area contributed by atoms with Gasteiger partial charge >= 0.3 is 0 Å². The van der Waals surface area contributed by atoms with Crippen molar-refractivity contribution in [1.82, 2.24) is 0 Å². The monoisotopic (exact) mass is 330 g/mol. The second-order valence-corrected chi connectivity index (χ2v) is 8.68. The maximum Gasteiger partial charge on any atom is 0.152 e. The highest BCUT2D eigenvalue weighted by Gasteiger charge is 2.15. The molecule has 0 heterocycles. The van der Waals surface area contributed by atoms with Crippen molar-refractivity contribution < 1.29 is 13.2 Å². The van der Waals surface area contributed by atoms with Gasteiger partial charge in [-0.1, -0.05) is 30.2 Å². The third-order valence-electron chi connectivity index (χ3n) is 3.42. The maximum absolute atomic E-state index is 11.8. The summed E-state index contributed by atoms with van der Waals surface area (Å²) < 4.78 is 23.2. The number of carbonyl (C=O) groups is 1. The van der Waals surface area contributed by atoms with Crippen LogP contribution in [0.5, 0.6) is 0 Å². The second kappa shape index (κ2) is 8.54. The molecule has 0 saturated carbocycles. The summed E-state index contributed by atoms with van der Waals surface area (Å²) >= 11 is 5.79. The van der Waals surface area contributed by atoms with E-state index in [2.05, 4.69) is 0 Å². The van der Waals surface area contributed by atoms with Crippen LogP contribution in [0.2, 0.25) is 5.02 Å². The van der Waals surface area contributed by atoms with Crippen LogP contribution in [0.25, 0.3) is 0 Å². The minimum absolute atomic E-state index is 0.184. The second-order valence-electron chi connectivity index (χ2n) is 5.57. The van der Waals surface area contributed by atoms with E-state index in [1.165, 1.54) is 0 Å². The summed E-state index contributed by atoms with van der Waals surface area (Å²) in [6.45, 7) is 3.40. The lowest BCUT2D eigenvalue weighted by Gasteiger charge is -2.07. The quantitative estimate of drug-likeness (QED) is 0.646. The van der Waals surface area contributed by atoms with Gasteiger partial charge in [0.05, 0.1) is 11.0 Å². The van der Waals surface area contributed by atoms with E-state index in [9.17, 15) is 13.2 Å². The standard InChI is InChI=1S/C16H23ClO3S/c1-13(2)21(19,20)11-5-3-4-6-16(18)12-14-7-9-15(17)10-8-14/h7-10,13H,3-6,11-12H2,1-2H3. The van der Waals surface area contributed by atoms with Gasteiger partial charge in [-0.2, -0.15) is 0 Å². The van der Waals surface area contributed by atoms with Gasteiger partial charge in [0.15, 0.2) is 9.84 Å². The van der Waals surface area contributed by atoms with Gasteiger partial charge in [-0.15, -0.1) is 0 Å². The van der Waals surface area contributed by atoms with Crippen LogP contribution in [-0.4, -0.2) is 25.2 Å². The van der Waals surface area contributed by atoms with Crippen molar-refractivity contribution in [2.45, 2.75) is 51.2 Å². The van der Waals surface area contributed by atoms with Crippen molar-refractivity contribution in [2.75, 3.05) is 5.75 Å². The fourth-order valence-electron chi connectivity index (χ4n) is 1.96. The average Bonchev–Trinajstić information content (AvgIpc) is 2.40. The number of rotatable bonds is 9. The molecule has 21 heavy (non-hydrogen) atoms. The van der Waals surface area contributed by atoms with Crippen LogP contribution in [0.15, 0.2) is 24.3 Å². The van der Waals surface area contributed by atoms with E-state index < -0.39 is 9.84 Å². The lowest BCUT2D eigenvalue weighted by molar-refractivity contribution is -0.118. The van der Waals surface area contributed by atoms with Crippen molar-refractivity contribution in [3.63, 3.8) is 0 Å². The predicted octanol–water partition coefficient (Wildman–Crippen LogP) is 3.84. The van der Waals surface area contributed by atoms with Crippen molar-refractivity contribution in [1.29, 1.82) is 0 Å². The third-order valence-corrected chi connectivity index (χ3v) is 5.96. The molecule has 0 saturated heterocycles. The minimum Gasteiger partial charge on any atom is -0.299 e. The first-order valence-electron chi connectivity index (χ1n) is 7.29. The number of ketones is 1. The molecule has 1 aromatic carbocycles. The molecule has 0 radical (unpaired) electrons. The summed E-state index contributed by atoms with van der Waals surface area (Å²) in [4.78, 5) is 11.8. The molecule has 0 spiro atoms. The van der Waals surface area contributed by atoms with Crippen LogP contribution in [0, 0.1) is 0 Å². The van der Waals surface area contributed by atoms with E-state index in [0.29, 0.717) is 24.3 Å². The van der Waals surface area contributed by atoms with Crippen LogP contribution in [-0.2, 0) is 21.1 Å². The normalized spacial score (nSPS) is 11.8. The highest BCUT2D eigenvalue weighted by molar-refractivity contribution is 7.91. The molecule has 0 aliphatic rings. The number of Topliss-reactive ketones (excluding diaryl/α,β-unsaturated/α-hetero) is 1. The van der Waals surface area contributed by atoms with Gasteiger partial charge in [-0.05, 0) is 44.4 Å². The smallest absolute Gasteiger partial charge is 0.152 e. The third kappa shape index (κ3) is 7.09. The van der Waals surface area contributed by atoms with Gasteiger partial charge in [0.2, 0.25) is 0 Å². The molecule has 1 rings (SSSR count). The lowest BCUT2D eigenvalue weighted by atomic mass is 10.0. The van der Waals surface area contributed by atoms with Crippen molar-refractivity contribution in [3.05, 3.63) is 34.9 Å². The number of unbranched alkanes of at least 4 members (excludes halogenated alkanes) is 2. The Kier molecular flexibility index (Phi) is 7.40. The zero-order valence-electron chi connectivity index (χ0n) is 12.6. The Morgan fingerprint density at radius 1 is 1.10 bits per heavy atom. The zero-order valence-corrected chi connectivity index (χ0v) is 14.2. The molecule has 0 aliphatic carbocycles. The first-order valence-corrected chi connectivity index (χ1v) is 9.38. The summed E-state index contributed by atoms with van der Waals surface area (Å²) in [6.07, 6.45) is 3.08. The first kappa shape index (κ1) is 18.2. The van der Waals surface area contributed by atoms with E-state index in [-0.39, 0.29) is 16.8 Å². The van der Waals surface area contributed by atoms with Gasteiger partial charge in [-0.3, -0.25) is 4.79 Å². The van der Waals surface area contributed by atoms with Gasteiger partial charge < -0.3 is 0 Å². The van der Waals surface area contributed by atoms with E-state index in [1.807, 2.05) is 12.1 Å². The molecule has 0 aliphatic heterocycles. The Labute approximate surface area is 132 Å². The molecule has 0 amide bonds. The molecule has 0 fully saturated rings. The van der Waals surface area contributed by atoms with Crippen LogP contribution in [0.4, 0.5) is 0 Å². The van der Waals surface area contributed by atoms with Gasteiger partial charge in [-0.25, -0.2) is 8.42 Å². The summed E-state index contributed by atoms with van der Waals surface area (Å²) in [5.41, 5.74) is 0.965. The fourth-order valence-corrected chi connectivity index (χ4v) is 3.16. The zero-order chi connectivity index (χ0) is 15.9. The molecule has 0 bridgehead atoms. The number of carbonyl (C=O) groups excluding carboxylic acids is 1. The van der Waals surface area contributed by atoms with Gasteiger partial charge in [0.1, 0.15) is 5.78 Å². The maximum atomic E-state index is 11.8. The number of benzene rings is 1. The summed E-state index contributed by atoms with van der Waals surface area (Å²) in [5, 5.41) is 0.349. The molecule has 118 valence electrons. The van der Waals surface area contributed by atoms with Crippen LogP contribution < -0.4 is 0 Å². The first-order chi connectivity index (χ1) is 9.81. The van der Waals surface area contributed by atoms with E-state index in [1.54, 1.807) is 26.0 Å². The number of halogens is 1. The van der Waals surface area contributed by atoms with Crippen LogP contribution >= 0.6 is 11.6 Å². The Morgan fingerprint density at radius 2 is 1.71 bits per heavy atom.